The molecule has 25 heavy (non-hydrogen) atoms. The first kappa shape index (κ1) is 17.2. The van der Waals surface area contributed by atoms with Gasteiger partial charge in [0.2, 0.25) is 0 Å². The molecule has 4 heteroatoms. The van der Waals surface area contributed by atoms with Gasteiger partial charge in [-0.1, -0.05) is 23.3 Å². The molecule has 0 spiro atoms. The lowest BCUT2D eigenvalue weighted by Gasteiger charge is -2.11. The van der Waals surface area contributed by atoms with E-state index in [4.69, 9.17) is 0 Å². The second-order valence-electron chi connectivity index (χ2n) is 6.75. The minimum atomic E-state index is 0.114. The average Bonchev–Trinajstić information content (AvgIpc) is 3.04. The Kier molecular flexibility index (Phi) is 5.17. The lowest BCUT2D eigenvalue weighted by molar-refractivity contribution is 0.473. The van der Waals surface area contributed by atoms with Gasteiger partial charge in [0.25, 0.3) is 0 Å². The maximum atomic E-state index is 9.93. The van der Waals surface area contributed by atoms with Crippen molar-refractivity contribution in [1.82, 2.24) is 0 Å². The molecule has 130 valence electrons. The standard InChI is InChI=1S/C21H24N2O2/c1-14-6-8-20(24)16(10-14)12-22-18-4-3-5-19(18)23-13-17-11-15(2)7-9-21(17)25/h6-13,18-19,24-25H,3-5H2,1-2H3. The van der Waals surface area contributed by atoms with E-state index in [2.05, 4.69) is 9.98 Å². The van der Waals surface area contributed by atoms with Crippen LogP contribution in [0.5, 0.6) is 11.5 Å². The summed E-state index contributed by atoms with van der Waals surface area (Å²) in [6.45, 7) is 3.99. The largest absolute Gasteiger partial charge is 0.507 e. The maximum Gasteiger partial charge on any atom is 0.124 e. The molecule has 0 aromatic heterocycles. The van der Waals surface area contributed by atoms with Gasteiger partial charge in [-0.3, -0.25) is 9.98 Å². The Labute approximate surface area is 148 Å². The van der Waals surface area contributed by atoms with Crippen LogP contribution in [0.25, 0.3) is 0 Å². The molecular weight excluding hydrogens is 312 g/mol. The van der Waals surface area contributed by atoms with E-state index in [0.717, 1.165) is 41.5 Å². The number of benzene rings is 2. The molecule has 0 saturated heterocycles. The molecule has 1 fully saturated rings. The highest BCUT2D eigenvalue weighted by molar-refractivity contribution is 5.84. The van der Waals surface area contributed by atoms with Gasteiger partial charge in [0.05, 0.1) is 12.1 Å². The first-order valence-corrected chi connectivity index (χ1v) is 8.68. The SMILES string of the molecule is Cc1ccc(O)c(C=NC2CCCC2N=Cc2cc(C)ccc2O)c1. The Bertz CT molecular complexity index is 744. The summed E-state index contributed by atoms with van der Waals surface area (Å²) in [5.41, 5.74) is 3.67. The molecule has 1 aliphatic rings. The van der Waals surface area contributed by atoms with Gasteiger partial charge >= 0.3 is 0 Å². The second kappa shape index (κ2) is 7.51. The topological polar surface area (TPSA) is 65.2 Å². The van der Waals surface area contributed by atoms with Crippen LogP contribution in [0.1, 0.15) is 41.5 Å². The zero-order chi connectivity index (χ0) is 17.8. The second-order valence-corrected chi connectivity index (χ2v) is 6.75. The highest BCUT2D eigenvalue weighted by Crippen LogP contribution is 2.26. The number of aliphatic imine (C=N–C) groups is 2. The average molecular weight is 336 g/mol. The molecule has 2 N–H and O–H groups in total. The molecule has 1 saturated carbocycles. The van der Waals surface area contributed by atoms with Gasteiger partial charge in [0.1, 0.15) is 11.5 Å². The molecule has 0 radical (unpaired) electrons. The van der Waals surface area contributed by atoms with E-state index in [0.29, 0.717) is 0 Å². The van der Waals surface area contributed by atoms with Crippen LogP contribution < -0.4 is 0 Å². The molecule has 2 unspecified atom stereocenters. The quantitative estimate of drug-likeness (QED) is 0.823. The molecule has 2 aromatic carbocycles. The zero-order valence-electron chi connectivity index (χ0n) is 14.7. The molecule has 2 atom stereocenters. The molecule has 0 heterocycles. The highest BCUT2D eigenvalue weighted by atomic mass is 16.3. The van der Waals surface area contributed by atoms with E-state index in [1.54, 1.807) is 24.6 Å². The smallest absolute Gasteiger partial charge is 0.124 e. The van der Waals surface area contributed by atoms with Gasteiger partial charge < -0.3 is 10.2 Å². The Hall–Kier alpha value is -2.62. The minimum Gasteiger partial charge on any atom is -0.507 e. The first-order valence-electron chi connectivity index (χ1n) is 8.68. The van der Waals surface area contributed by atoms with Crippen molar-refractivity contribution in [3.8, 4) is 11.5 Å². The summed E-state index contributed by atoms with van der Waals surface area (Å²) < 4.78 is 0. The molecular formula is C21H24N2O2. The maximum absolute atomic E-state index is 9.93. The van der Waals surface area contributed by atoms with Gasteiger partial charge in [-0.15, -0.1) is 0 Å². The molecule has 0 aliphatic heterocycles. The molecule has 3 rings (SSSR count). The van der Waals surface area contributed by atoms with E-state index in [-0.39, 0.29) is 23.6 Å². The lowest BCUT2D eigenvalue weighted by atomic mass is 10.1. The number of aromatic hydroxyl groups is 2. The monoisotopic (exact) mass is 336 g/mol. The van der Waals surface area contributed by atoms with Gasteiger partial charge in [-0.2, -0.15) is 0 Å². The van der Waals surface area contributed by atoms with Crippen molar-refractivity contribution >= 4 is 12.4 Å². The van der Waals surface area contributed by atoms with Crippen LogP contribution in [-0.4, -0.2) is 34.7 Å². The van der Waals surface area contributed by atoms with Gasteiger partial charge in [0, 0.05) is 23.6 Å². The molecule has 0 amide bonds. The van der Waals surface area contributed by atoms with Crippen LogP contribution in [0.15, 0.2) is 46.4 Å². The summed E-state index contributed by atoms with van der Waals surface area (Å²) in [6, 6.07) is 11.2. The summed E-state index contributed by atoms with van der Waals surface area (Å²) in [6.07, 6.45) is 6.58. The number of nitrogens with zero attached hydrogens (tertiary/aromatic N) is 2. The Morgan fingerprint density at radius 1 is 0.800 bits per heavy atom. The van der Waals surface area contributed by atoms with Crippen molar-refractivity contribution in [2.75, 3.05) is 0 Å². The number of hydrogen-bond acceptors (Lipinski definition) is 4. The number of rotatable bonds is 4. The van der Waals surface area contributed by atoms with Gasteiger partial charge in [-0.05, 0) is 57.4 Å². The predicted octanol–water partition coefficient (Wildman–Crippen LogP) is 4.17. The van der Waals surface area contributed by atoms with Crippen LogP contribution in [0.3, 0.4) is 0 Å². The molecule has 0 bridgehead atoms. The summed E-state index contributed by atoms with van der Waals surface area (Å²) in [4.78, 5) is 9.34. The van der Waals surface area contributed by atoms with Crippen LogP contribution in [0, 0.1) is 13.8 Å². The molecule has 1 aliphatic carbocycles. The van der Waals surface area contributed by atoms with E-state index in [1.807, 2.05) is 38.1 Å². The summed E-state index contributed by atoms with van der Waals surface area (Å²) in [5, 5.41) is 19.9. The van der Waals surface area contributed by atoms with Crippen molar-refractivity contribution in [2.24, 2.45) is 9.98 Å². The zero-order valence-corrected chi connectivity index (χ0v) is 14.7. The molecule has 2 aromatic rings. The van der Waals surface area contributed by atoms with Crippen molar-refractivity contribution < 1.29 is 10.2 Å². The van der Waals surface area contributed by atoms with Crippen LogP contribution >= 0.6 is 0 Å². The summed E-state index contributed by atoms with van der Waals surface area (Å²) in [7, 11) is 0. The van der Waals surface area contributed by atoms with E-state index in [9.17, 15) is 10.2 Å². The van der Waals surface area contributed by atoms with Crippen LogP contribution in [0.2, 0.25) is 0 Å². The fourth-order valence-corrected chi connectivity index (χ4v) is 3.18. The number of aryl methyl sites for hydroxylation is 2. The third-order valence-electron chi connectivity index (χ3n) is 4.62. The Balaban J connectivity index is 1.74. The fraction of sp³-hybridized carbons (Fsp3) is 0.333. The van der Waals surface area contributed by atoms with Crippen LogP contribution in [-0.2, 0) is 0 Å². The van der Waals surface area contributed by atoms with Gasteiger partial charge in [0.15, 0.2) is 0 Å². The van der Waals surface area contributed by atoms with Gasteiger partial charge in [-0.25, -0.2) is 0 Å². The fourth-order valence-electron chi connectivity index (χ4n) is 3.18. The minimum absolute atomic E-state index is 0.114. The van der Waals surface area contributed by atoms with Crippen molar-refractivity contribution in [3.63, 3.8) is 0 Å². The number of phenolic OH excluding ortho intramolecular Hbond substituents is 2. The van der Waals surface area contributed by atoms with Crippen molar-refractivity contribution in [2.45, 2.75) is 45.2 Å². The number of hydrogen-bond donors (Lipinski definition) is 2. The van der Waals surface area contributed by atoms with Crippen molar-refractivity contribution in [1.29, 1.82) is 0 Å². The normalized spacial score (nSPS) is 20.7. The highest BCUT2D eigenvalue weighted by Gasteiger charge is 2.25. The Morgan fingerprint density at radius 3 is 1.68 bits per heavy atom. The summed E-state index contributed by atoms with van der Waals surface area (Å²) in [5.74, 6) is 0.495. The van der Waals surface area contributed by atoms with E-state index < -0.39 is 0 Å². The first-order chi connectivity index (χ1) is 12.0. The van der Waals surface area contributed by atoms with Crippen molar-refractivity contribution in [3.05, 3.63) is 58.7 Å². The summed E-state index contributed by atoms with van der Waals surface area (Å²) >= 11 is 0. The third kappa shape index (κ3) is 4.27. The van der Waals surface area contributed by atoms with E-state index in [1.165, 1.54) is 0 Å². The molecule has 4 nitrogen and oxygen atoms in total. The lowest BCUT2D eigenvalue weighted by Crippen LogP contribution is -2.16. The third-order valence-corrected chi connectivity index (χ3v) is 4.62. The Morgan fingerprint density at radius 2 is 1.24 bits per heavy atom. The van der Waals surface area contributed by atoms with Crippen LogP contribution in [0.4, 0.5) is 0 Å². The predicted molar refractivity (Wildman–Crippen MR) is 102 cm³/mol. The number of phenols is 2. The van der Waals surface area contributed by atoms with E-state index >= 15 is 0 Å².